The van der Waals surface area contributed by atoms with Crippen LogP contribution in [-0.2, 0) is 11.2 Å². The highest BCUT2D eigenvalue weighted by atomic mass is 19.4. The van der Waals surface area contributed by atoms with Gasteiger partial charge in [-0.05, 0) is 5.56 Å². The lowest BCUT2D eigenvalue weighted by Gasteiger charge is -2.42. The molecular formula is C16H19F3N2O2. The van der Waals surface area contributed by atoms with E-state index in [1.165, 1.54) is 0 Å². The van der Waals surface area contributed by atoms with Gasteiger partial charge in [-0.3, -0.25) is 10.2 Å². The van der Waals surface area contributed by atoms with E-state index in [-0.39, 0.29) is 6.42 Å². The summed E-state index contributed by atoms with van der Waals surface area (Å²) in [5.41, 5.74) is -1.57. The van der Waals surface area contributed by atoms with Crippen LogP contribution in [0.2, 0.25) is 0 Å². The first kappa shape index (κ1) is 17.3. The van der Waals surface area contributed by atoms with Crippen molar-refractivity contribution in [2.45, 2.75) is 39.1 Å². The van der Waals surface area contributed by atoms with Crippen molar-refractivity contribution in [3.63, 3.8) is 0 Å². The van der Waals surface area contributed by atoms with Crippen molar-refractivity contribution in [1.29, 1.82) is 0 Å². The number of aliphatic hydroxyl groups is 1. The van der Waals surface area contributed by atoms with Crippen molar-refractivity contribution in [3.05, 3.63) is 47.7 Å². The molecule has 0 bridgehead atoms. The molecule has 0 radical (unpaired) electrons. The lowest BCUT2D eigenvalue weighted by molar-refractivity contribution is -0.176. The Bertz CT molecular complexity index is 620. The summed E-state index contributed by atoms with van der Waals surface area (Å²) in [5.74, 6) is -0.649. The second-order valence-corrected chi connectivity index (χ2v) is 6.54. The van der Waals surface area contributed by atoms with Crippen LogP contribution in [0.4, 0.5) is 13.2 Å². The van der Waals surface area contributed by atoms with Gasteiger partial charge in [-0.15, -0.1) is 0 Å². The number of alkyl halides is 3. The summed E-state index contributed by atoms with van der Waals surface area (Å²) in [4.78, 5) is 12.5. The van der Waals surface area contributed by atoms with Crippen molar-refractivity contribution >= 4 is 5.91 Å². The van der Waals surface area contributed by atoms with Gasteiger partial charge in [0.1, 0.15) is 5.70 Å². The van der Waals surface area contributed by atoms with E-state index in [1.54, 1.807) is 51.1 Å². The van der Waals surface area contributed by atoms with Crippen LogP contribution in [0.15, 0.2) is 42.1 Å². The maximum atomic E-state index is 13.0. The fraction of sp³-hybridized carbons (Fsp3) is 0.438. The van der Waals surface area contributed by atoms with E-state index in [1.807, 2.05) is 5.43 Å². The Labute approximate surface area is 132 Å². The van der Waals surface area contributed by atoms with E-state index in [2.05, 4.69) is 0 Å². The van der Waals surface area contributed by atoms with Crippen molar-refractivity contribution < 1.29 is 23.1 Å². The van der Waals surface area contributed by atoms with E-state index in [4.69, 9.17) is 0 Å². The minimum atomic E-state index is -4.68. The van der Waals surface area contributed by atoms with Gasteiger partial charge in [0.05, 0.1) is 6.42 Å². The molecule has 0 aliphatic carbocycles. The van der Waals surface area contributed by atoms with Crippen LogP contribution in [0.1, 0.15) is 26.3 Å². The Hall–Kier alpha value is -2.02. The highest BCUT2D eigenvalue weighted by Crippen LogP contribution is 2.41. The third-order valence-electron chi connectivity index (χ3n) is 3.78. The molecule has 4 nitrogen and oxygen atoms in total. The number of hydrazine groups is 1. The molecule has 0 saturated carbocycles. The van der Waals surface area contributed by atoms with Gasteiger partial charge in [0, 0.05) is 11.5 Å². The topological polar surface area (TPSA) is 52.6 Å². The van der Waals surface area contributed by atoms with E-state index >= 15 is 0 Å². The standard InChI is InChI=1S/C16H19F3N2O2/c1-14(2,3)15(23)10-12(16(17,18)19)20-21(15)13(22)9-11-7-5-4-6-8-11/h4-8,10,20,23H,9H2,1-3H3. The number of carbonyl (C=O) groups is 1. The molecule has 1 aromatic carbocycles. The van der Waals surface area contributed by atoms with E-state index in [0.717, 1.165) is 0 Å². The third kappa shape index (κ3) is 3.34. The van der Waals surface area contributed by atoms with Crippen LogP contribution in [0.3, 0.4) is 0 Å². The normalized spacial score (nSPS) is 21.9. The first-order valence-corrected chi connectivity index (χ1v) is 7.11. The Morgan fingerprint density at radius 3 is 2.26 bits per heavy atom. The molecule has 0 aromatic heterocycles. The van der Waals surface area contributed by atoms with Crippen LogP contribution in [0.5, 0.6) is 0 Å². The number of halogens is 3. The zero-order valence-electron chi connectivity index (χ0n) is 13.1. The molecule has 0 spiro atoms. The lowest BCUT2D eigenvalue weighted by Crippen LogP contribution is -2.59. The van der Waals surface area contributed by atoms with E-state index in [0.29, 0.717) is 16.6 Å². The van der Waals surface area contributed by atoms with E-state index in [9.17, 15) is 23.1 Å². The molecular weight excluding hydrogens is 309 g/mol. The van der Waals surface area contributed by atoms with Crippen molar-refractivity contribution in [2.75, 3.05) is 0 Å². The Morgan fingerprint density at radius 2 is 1.78 bits per heavy atom. The molecule has 1 aliphatic rings. The molecule has 1 aromatic rings. The summed E-state index contributed by atoms with van der Waals surface area (Å²) in [6, 6.07) is 8.63. The smallest absolute Gasteiger partial charge is 0.365 e. The van der Waals surface area contributed by atoms with Crippen molar-refractivity contribution in [2.24, 2.45) is 5.41 Å². The fourth-order valence-electron chi connectivity index (χ4n) is 2.30. The summed E-state index contributed by atoms with van der Waals surface area (Å²) in [6.45, 7) is 4.69. The first-order chi connectivity index (χ1) is 10.4. The Morgan fingerprint density at radius 1 is 1.22 bits per heavy atom. The summed E-state index contributed by atoms with van der Waals surface area (Å²) in [7, 11) is 0. The maximum absolute atomic E-state index is 13.0. The summed E-state index contributed by atoms with van der Waals surface area (Å²) >= 11 is 0. The summed E-state index contributed by atoms with van der Waals surface area (Å²) in [6.07, 6.45) is -4.14. The number of allylic oxidation sites excluding steroid dienone is 1. The molecule has 1 atom stereocenters. The summed E-state index contributed by atoms with van der Waals surface area (Å²) in [5, 5.41) is 11.4. The van der Waals surface area contributed by atoms with Crippen LogP contribution >= 0.6 is 0 Å². The van der Waals surface area contributed by atoms with Gasteiger partial charge in [-0.2, -0.15) is 13.2 Å². The number of carbonyl (C=O) groups excluding carboxylic acids is 1. The Balaban J connectivity index is 2.32. The first-order valence-electron chi connectivity index (χ1n) is 7.11. The average Bonchev–Trinajstić information content (AvgIpc) is 2.79. The fourth-order valence-corrected chi connectivity index (χ4v) is 2.30. The molecule has 0 saturated heterocycles. The second-order valence-electron chi connectivity index (χ2n) is 6.54. The molecule has 2 N–H and O–H groups in total. The number of hydrogen-bond acceptors (Lipinski definition) is 3. The Kier molecular flexibility index (Phi) is 4.19. The van der Waals surface area contributed by atoms with Gasteiger partial charge < -0.3 is 5.11 Å². The molecule has 1 heterocycles. The predicted octanol–water partition coefficient (Wildman–Crippen LogP) is 2.76. The molecule has 1 unspecified atom stereocenters. The van der Waals surface area contributed by atoms with Gasteiger partial charge >= 0.3 is 6.18 Å². The largest absolute Gasteiger partial charge is 0.432 e. The number of rotatable bonds is 2. The highest BCUT2D eigenvalue weighted by Gasteiger charge is 2.54. The second kappa shape index (κ2) is 5.56. The summed E-state index contributed by atoms with van der Waals surface area (Å²) < 4.78 is 38.9. The predicted molar refractivity (Wildman–Crippen MR) is 78.7 cm³/mol. The van der Waals surface area contributed by atoms with Crippen molar-refractivity contribution in [1.82, 2.24) is 10.4 Å². The molecule has 0 fully saturated rings. The van der Waals surface area contributed by atoms with Gasteiger partial charge in [-0.1, -0.05) is 51.1 Å². The van der Waals surface area contributed by atoms with Gasteiger partial charge in [0.15, 0.2) is 5.72 Å². The number of nitrogens with zero attached hydrogens (tertiary/aromatic N) is 1. The maximum Gasteiger partial charge on any atom is 0.432 e. The lowest BCUT2D eigenvalue weighted by atomic mass is 9.82. The number of amides is 1. The van der Waals surface area contributed by atoms with Gasteiger partial charge in [0.2, 0.25) is 5.91 Å². The van der Waals surface area contributed by atoms with Crippen molar-refractivity contribution in [3.8, 4) is 0 Å². The zero-order chi connectivity index (χ0) is 17.5. The minimum absolute atomic E-state index is 0.120. The van der Waals surface area contributed by atoms with Crippen LogP contribution in [0.25, 0.3) is 0 Å². The van der Waals surface area contributed by atoms with E-state index < -0.39 is 28.9 Å². The highest BCUT2D eigenvalue weighted by molar-refractivity contribution is 5.80. The number of nitrogens with one attached hydrogen (secondary N) is 1. The van der Waals surface area contributed by atoms with Crippen LogP contribution in [-0.4, -0.2) is 27.9 Å². The molecule has 7 heteroatoms. The zero-order valence-corrected chi connectivity index (χ0v) is 13.1. The average molecular weight is 328 g/mol. The van der Waals surface area contributed by atoms with Crippen LogP contribution < -0.4 is 5.43 Å². The quantitative estimate of drug-likeness (QED) is 0.878. The van der Waals surface area contributed by atoms with Gasteiger partial charge in [0.25, 0.3) is 0 Å². The molecule has 126 valence electrons. The minimum Gasteiger partial charge on any atom is -0.365 e. The molecule has 1 amide bonds. The number of benzene rings is 1. The van der Waals surface area contributed by atoms with Gasteiger partial charge in [-0.25, -0.2) is 5.01 Å². The monoisotopic (exact) mass is 328 g/mol. The molecule has 1 aliphatic heterocycles. The van der Waals surface area contributed by atoms with Crippen LogP contribution in [0, 0.1) is 5.41 Å². The molecule has 2 rings (SSSR count). The molecule has 23 heavy (non-hydrogen) atoms. The SMILES string of the molecule is CC(C)(C)C1(O)C=C(C(F)(F)F)NN1C(=O)Cc1ccccc1. The number of hydrogen-bond donors (Lipinski definition) is 2. The third-order valence-corrected chi connectivity index (χ3v) is 3.78.